The molecular formula is C64H47N. The van der Waals surface area contributed by atoms with E-state index in [2.05, 4.69) is 267 Å². The first-order valence-corrected chi connectivity index (χ1v) is 22.8. The Kier molecular flexibility index (Phi) is 9.14. The van der Waals surface area contributed by atoms with E-state index >= 15 is 0 Å². The van der Waals surface area contributed by atoms with Crippen LogP contribution in [0.5, 0.6) is 0 Å². The van der Waals surface area contributed by atoms with Crippen molar-refractivity contribution in [2.45, 2.75) is 24.7 Å². The highest BCUT2D eigenvalue weighted by Crippen LogP contribution is 2.57. The van der Waals surface area contributed by atoms with Gasteiger partial charge in [-0.3, -0.25) is 0 Å². The van der Waals surface area contributed by atoms with Gasteiger partial charge < -0.3 is 4.90 Å². The molecule has 0 radical (unpaired) electrons. The molecule has 0 bridgehead atoms. The van der Waals surface area contributed by atoms with E-state index in [0.717, 1.165) is 17.1 Å². The lowest BCUT2D eigenvalue weighted by Crippen LogP contribution is -2.23. The molecule has 0 fully saturated rings. The number of benzene rings is 10. The van der Waals surface area contributed by atoms with Crippen molar-refractivity contribution in [1.82, 2.24) is 0 Å². The van der Waals surface area contributed by atoms with Gasteiger partial charge in [-0.1, -0.05) is 218 Å². The molecule has 2 unspecified atom stereocenters. The third-order valence-corrected chi connectivity index (χ3v) is 14.5. The molecule has 0 spiro atoms. The van der Waals surface area contributed by atoms with Gasteiger partial charge in [-0.15, -0.1) is 0 Å². The summed E-state index contributed by atoms with van der Waals surface area (Å²) < 4.78 is 0. The van der Waals surface area contributed by atoms with E-state index in [0.29, 0.717) is 0 Å². The maximum Gasteiger partial charge on any atom is 0.0546 e. The van der Waals surface area contributed by atoms with E-state index < -0.39 is 0 Å². The number of anilines is 3. The van der Waals surface area contributed by atoms with Crippen molar-refractivity contribution in [2.75, 3.05) is 4.90 Å². The summed E-state index contributed by atoms with van der Waals surface area (Å²) in [7, 11) is 0. The Morgan fingerprint density at radius 1 is 0.277 bits per heavy atom. The molecule has 2 aliphatic carbocycles. The molecule has 2 atom stereocenters. The number of nitrogens with zero attached hydrogens (tertiary/aromatic N) is 1. The largest absolute Gasteiger partial charge is 0.310 e. The molecule has 0 heterocycles. The fourth-order valence-corrected chi connectivity index (χ4v) is 11.2. The second-order valence-electron chi connectivity index (χ2n) is 17.9. The highest BCUT2D eigenvalue weighted by atomic mass is 15.1. The predicted octanol–water partition coefficient (Wildman–Crippen LogP) is 16.8. The van der Waals surface area contributed by atoms with Crippen LogP contribution in [0.25, 0.3) is 55.6 Å². The SMILES string of the molecule is CC1(c2ccccc2)c2ccccc2-c2ccc(N(c3ccc4c(c3)C(C)(c3ccccc3)c3ccccc3-4)c3cccc(-c4ccc(-c5ccccc5)cc4)c3-c3ccccc3)cc21. The normalized spacial score (nSPS) is 16.6. The highest BCUT2D eigenvalue weighted by Gasteiger charge is 2.43. The summed E-state index contributed by atoms with van der Waals surface area (Å²) in [5.74, 6) is 0. The lowest BCUT2D eigenvalue weighted by Gasteiger charge is -2.33. The van der Waals surface area contributed by atoms with Gasteiger partial charge in [0.05, 0.1) is 5.69 Å². The minimum atomic E-state index is -0.356. The van der Waals surface area contributed by atoms with Crippen LogP contribution in [0.3, 0.4) is 0 Å². The second-order valence-corrected chi connectivity index (χ2v) is 17.9. The Balaban J connectivity index is 1.12. The molecule has 12 rings (SSSR count). The fraction of sp³-hybridized carbons (Fsp3) is 0.0625. The van der Waals surface area contributed by atoms with Crippen LogP contribution < -0.4 is 4.90 Å². The molecule has 10 aromatic rings. The zero-order valence-electron chi connectivity index (χ0n) is 36.6. The molecule has 1 heteroatoms. The summed E-state index contributed by atoms with van der Waals surface area (Å²) in [5, 5.41) is 0. The van der Waals surface area contributed by atoms with Gasteiger partial charge in [0.25, 0.3) is 0 Å². The minimum absolute atomic E-state index is 0.356. The van der Waals surface area contributed by atoms with Crippen molar-refractivity contribution in [1.29, 1.82) is 0 Å². The molecular weight excluding hydrogens is 783 g/mol. The lowest BCUT2D eigenvalue weighted by molar-refractivity contribution is 0.713. The van der Waals surface area contributed by atoms with Crippen molar-refractivity contribution in [2.24, 2.45) is 0 Å². The Morgan fingerprint density at radius 3 is 1.17 bits per heavy atom. The standard InChI is InChI=1S/C64H47N/c1-63(48-24-11-5-12-25-48)57-31-17-15-28-53(57)55-40-38-50(42-59(55)63)65(51-39-41-56-54-29-16-18-32-58(54)64(2,60(56)43-51)49-26-13-6-14-27-49)61-33-19-30-52(62(61)47-22-9-4-10-23-47)46-36-34-45(35-37-46)44-20-7-3-8-21-44/h3-43H,1-2H3. The van der Waals surface area contributed by atoms with Gasteiger partial charge in [0, 0.05) is 27.8 Å². The van der Waals surface area contributed by atoms with Crippen LogP contribution in [-0.2, 0) is 10.8 Å². The molecule has 0 N–H and O–H groups in total. The Morgan fingerprint density at radius 2 is 0.662 bits per heavy atom. The summed E-state index contributed by atoms with van der Waals surface area (Å²) >= 11 is 0. The van der Waals surface area contributed by atoms with Crippen molar-refractivity contribution < 1.29 is 0 Å². The molecule has 2 aliphatic rings. The average Bonchev–Trinajstić information content (AvgIpc) is 3.80. The van der Waals surface area contributed by atoms with Crippen LogP contribution in [0, 0.1) is 0 Å². The van der Waals surface area contributed by atoms with E-state index in [1.807, 2.05) is 0 Å². The van der Waals surface area contributed by atoms with Crippen molar-refractivity contribution in [3.8, 4) is 55.6 Å². The van der Waals surface area contributed by atoms with Crippen LogP contribution in [0.15, 0.2) is 249 Å². The van der Waals surface area contributed by atoms with Crippen molar-refractivity contribution in [3.05, 3.63) is 282 Å². The summed E-state index contributed by atoms with van der Waals surface area (Å²) in [6, 6.07) is 92.0. The zero-order chi connectivity index (χ0) is 43.5. The lowest BCUT2D eigenvalue weighted by atomic mass is 9.74. The zero-order valence-corrected chi connectivity index (χ0v) is 36.6. The summed E-state index contributed by atoms with van der Waals surface area (Å²) in [6.07, 6.45) is 0. The molecule has 0 amide bonds. The first kappa shape index (κ1) is 38.7. The molecule has 0 aliphatic heterocycles. The topological polar surface area (TPSA) is 3.24 Å². The van der Waals surface area contributed by atoms with Crippen LogP contribution in [0.1, 0.15) is 47.2 Å². The molecule has 0 saturated heterocycles. The number of fused-ring (bicyclic) bond motifs is 6. The highest BCUT2D eigenvalue weighted by molar-refractivity contribution is 5.98. The second kappa shape index (κ2) is 15.4. The molecule has 1 nitrogen and oxygen atoms in total. The van der Waals surface area contributed by atoms with Gasteiger partial charge in [0.1, 0.15) is 0 Å². The summed E-state index contributed by atoms with van der Waals surface area (Å²) in [5.41, 5.74) is 22.8. The van der Waals surface area contributed by atoms with Gasteiger partial charge in [-0.05, 0) is 128 Å². The molecule has 0 saturated carbocycles. The maximum atomic E-state index is 2.54. The Bertz CT molecular complexity index is 3230. The third-order valence-electron chi connectivity index (χ3n) is 14.5. The quantitative estimate of drug-likeness (QED) is 0.147. The minimum Gasteiger partial charge on any atom is -0.310 e. The first-order chi connectivity index (χ1) is 32.0. The average molecular weight is 830 g/mol. The van der Waals surface area contributed by atoms with Crippen LogP contribution in [0.4, 0.5) is 17.1 Å². The molecule has 308 valence electrons. The van der Waals surface area contributed by atoms with Gasteiger partial charge in [-0.2, -0.15) is 0 Å². The van der Waals surface area contributed by atoms with E-state index in [1.165, 1.54) is 89.0 Å². The summed E-state index contributed by atoms with van der Waals surface area (Å²) in [6.45, 7) is 4.82. The maximum absolute atomic E-state index is 2.54. The predicted molar refractivity (Wildman–Crippen MR) is 272 cm³/mol. The molecule has 65 heavy (non-hydrogen) atoms. The Labute approximate surface area is 382 Å². The molecule has 10 aromatic carbocycles. The summed E-state index contributed by atoms with van der Waals surface area (Å²) in [4.78, 5) is 2.54. The van der Waals surface area contributed by atoms with E-state index in [4.69, 9.17) is 0 Å². The van der Waals surface area contributed by atoms with E-state index in [1.54, 1.807) is 0 Å². The van der Waals surface area contributed by atoms with Gasteiger partial charge in [-0.25, -0.2) is 0 Å². The van der Waals surface area contributed by atoms with Crippen LogP contribution in [0.2, 0.25) is 0 Å². The van der Waals surface area contributed by atoms with Crippen LogP contribution in [-0.4, -0.2) is 0 Å². The fourth-order valence-electron chi connectivity index (χ4n) is 11.2. The third kappa shape index (κ3) is 6.07. The number of hydrogen-bond acceptors (Lipinski definition) is 1. The number of rotatable bonds is 8. The van der Waals surface area contributed by atoms with E-state index in [-0.39, 0.29) is 10.8 Å². The first-order valence-electron chi connectivity index (χ1n) is 22.8. The molecule has 0 aromatic heterocycles. The monoisotopic (exact) mass is 829 g/mol. The van der Waals surface area contributed by atoms with Gasteiger partial charge >= 0.3 is 0 Å². The van der Waals surface area contributed by atoms with Crippen molar-refractivity contribution in [3.63, 3.8) is 0 Å². The van der Waals surface area contributed by atoms with Crippen molar-refractivity contribution >= 4 is 17.1 Å². The Hall–Kier alpha value is -8.00. The number of hydrogen-bond donors (Lipinski definition) is 0. The smallest absolute Gasteiger partial charge is 0.0546 e. The van der Waals surface area contributed by atoms with Gasteiger partial charge in [0.15, 0.2) is 0 Å². The van der Waals surface area contributed by atoms with Gasteiger partial charge in [0.2, 0.25) is 0 Å². The van der Waals surface area contributed by atoms with E-state index in [9.17, 15) is 0 Å². The van der Waals surface area contributed by atoms with Crippen LogP contribution >= 0.6 is 0 Å².